The summed E-state index contributed by atoms with van der Waals surface area (Å²) in [6.07, 6.45) is 6.71. The quantitative estimate of drug-likeness (QED) is 0.0745. The molecule has 0 saturated carbocycles. The fraction of sp³-hybridized carbons (Fsp3) is 0.207. The van der Waals surface area contributed by atoms with E-state index in [1.807, 2.05) is 38.1 Å². The van der Waals surface area contributed by atoms with Crippen molar-refractivity contribution in [3.8, 4) is 5.75 Å². The van der Waals surface area contributed by atoms with Crippen molar-refractivity contribution in [1.29, 1.82) is 0 Å². The SMILES string of the molecule is C=C/C=C(Oc1cccc(Cl)c1C)\C(C(=O)NCc1ccc(C)cc1)=C(\NC1C=CC(I)=CC1F)N(C)N. The second kappa shape index (κ2) is 13.6. The van der Waals surface area contributed by atoms with Crippen LogP contribution >= 0.6 is 34.2 Å². The van der Waals surface area contributed by atoms with Gasteiger partial charge in [0.05, 0.1) is 6.04 Å². The molecule has 2 aromatic rings. The number of benzene rings is 2. The molecule has 0 aliphatic heterocycles. The van der Waals surface area contributed by atoms with Crippen molar-refractivity contribution in [3.63, 3.8) is 0 Å². The largest absolute Gasteiger partial charge is 0.456 e. The molecule has 0 heterocycles. The van der Waals surface area contributed by atoms with Gasteiger partial charge in [-0.2, -0.15) is 0 Å². The number of hydrogen-bond donors (Lipinski definition) is 3. The molecule has 6 nitrogen and oxygen atoms in total. The van der Waals surface area contributed by atoms with Crippen molar-refractivity contribution in [2.75, 3.05) is 7.05 Å². The predicted octanol–water partition coefficient (Wildman–Crippen LogP) is 5.92. The Hall–Kier alpha value is -3.08. The molecule has 3 rings (SSSR count). The maximum atomic E-state index is 14.9. The van der Waals surface area contributed by atoms with Gasteiger partial charge >= 0.3 is 0 Å². The summed E-state index contributed by atoms with van der Waals surface area (Å²) in [6.45, 7) is 7.85. The summed E-state index contributed by atoms with van der Waals surface area (Å²) >= 11 is 8.36. The molecule has 0 radical (unpaired) electrons. The first kappa shape index (κ1) is 29.5. The van der Waals surface area contributed by atoms with Gasteiger partial charge in [0.2, 0.25) is 0 Å². The minimum atomic E-state index is -1.33. The molecular formula is C29H31ClFIN4O2. The van der Waals surface area contributed by atoms with Gasteiger partial charge in [-0.1, -0.05) is 72.3 Å². The van der Waals surface area contributed by atoms with Gasteiger partial charge in [-0.05, 0) is 66.3 Å². The maximum Gasteiger partial charge on any atom is 0.259 e. The van der Waals surface area contributed by atoms with Crippen LogP contribution in [0.1, 0.15) is 16.7 Å². The lowest BCUT2D eigenvalue weighted by Gasteiger charge is -2.29. The van der Waals surface area contributed by atoms with Crippen LogP contribution in [0.4, 0.5) is 4.39 Å². The first-order valence-corrected chi connectivity index (χ1v) is 13.3. The number of nitrogens with zero attached hydrogens (tertiary/aromatic N) is 1. The normalized spacial score (nSPS) is 17.8. The zero-order valence-corrected chi connectivity index (χ0v) is 24.4. The number of carbonyl (C=O) groups excluding carboxylic acids is 1. The van der Waals surface area contributed by atoms with Crippen LogP contribution in [0, 0.1) is 13.8 Å². The van der Waals surface area contributed by atoms with Crippen LogP contribution in [0.2, 0.25) is 5.02 Å². The number of amides is 1. The number of carbonyl (C=O) groups is 1. The van der Waals surface area contributed by atoms with Crippen LogP contribution in [-0.2, 0) is 11.3 Å². The molecule has 2 atom stereocenters. The number of hydrogen-bond acceptors (Lipinski definition) is 5. The van der Waals surface area contributed by atoms with Crippen molar-refractivity contribution in [1.82, 2.24) is 15.6 Å². The van der Waals surface area contributed by atoms with Crippen molar-refractivity contribution in [3.05, 3.63) is 122 Å². The third kappa shape index (κ3) is 7.72. The Kier molecular flexibility index (Phi) is 10.6. The molecule has 1 aliphatic rings. The summed E-state index contributed by atoms with van der Waals surface area (Å²) in [5.41, 5.74) is 2.80. The summed E-state index contributed by atoms with van der Waals surface area (Å²) in [5.74, 6) is 6.52. The number of halogens is 3. The van der Waals surface area contributed by atoms with Crippen molar-refractivity contribution < 1.29 is 13.9 Å². The number of allylic oxidation sites excluding steroid dienone is 4. The van der Waals surface area contributed by atoms with Gasteiger partial charge in [-0.15, -0.1) is 0 Å². The predicted molar refractivity (Wildman–Crippen MR) is 160 cm³/mol. The standard InChI is InChI=1S/C29H31ClFIN4O2/c1-5-7-26(38-25-9-6-8-22(30)19(25)3)27(29(37)34-17-20-12-10-18(2)11-13-20)28(36(4)33)35-24-15-14-21(32)16-23(24)31/h5-16,23-24,35H,1,17,33H2,2-4H3,(H,34,37)/b26-7+,28-27+. The van der Waals surface area contributed by atoms with E-state index in [9.17, 15) is 9.18 Å². The smallest absolute Gasteiger partial charge is 0.259 e. The second-order valence-electron chi connectivity index (χ2n) is 8.76. The highest BCUT2D eigenvalue weighted by atomic mass is 127. The number of ether oxygens (including phenoxy) is 1. The van der Waals surface area contributed by atoms with E-state index in [0.717, 1.165) is 14.7 Å². The van der Waals surface area contributed by atoms with Crippen molar-refractivity contribution in [2.24, 2.45) is 5.84 Å². The maximum absolute atomic E-state index is 14.9. The molecule has 0 fully saturated rings. The molecule has 0 spiro atoms. The first-order valence-electron chi connectivity index (χ1n) is 11.9. The number of rotatable bonds is 10. The molecule has 38 heavy (non-hydrogen) atoms. The molecule has 4 N–H and O–H groups in total. The fourth-order valence-corrected chi connectivity index (χ4v) is 4.37. The van der Waals surface area contributed by atoms with Crippen LogP contribution < -0.4 is 21.2 Å². The lowest BCUT2D eigenvalue weighted by Crippen LogP contribution is -2.45. The van der Waals surface area contributed by atoms with Gasteiger partial charge in [-0.3, -0.25) is 9.80 Å². The zero-order chi connectivity index (χ0) is 27.8. The fourth-order valence-electron chi connectivity index (χ4n) is 3.65. The second-order valence-corrected chi connectivity index (χ2v) is 10.4. The monoisotopic (exact) mass is 648 g/mol. The summed E-state index contributed by atoms with van der Waals surface area (Å²) in [7, 11) is 1.56. The van der Waals surface area contributed by atoms with E-state index >= 15 is 0 Å². The zero-order valence-electron chi connectivity index (χ0n) is 21.5. The molecule has 200 valence electrons. The summed E-state index contributed by atoms with van der Waals surface area (Å²) < 4.78 is 21.9. The van der Waals surface area contributed by atoms with E-state index in [2.05, 4.69) is 39.8 Å². The van der Waals surface area contributed by atoms with Gasteiger partial charge in [0.1, 0.15) is 29.1 Å². The summed E-state index contributed by atoms with van der Waals surface area (Å²) in [6, 6.07) is 12.3. The number of nitrogens with two attached hydrogens (primary N) is 1. The van der Waals surface area contributed by atoms with E-state index in [1.165, 1.54) is 17.2 Å². The van der Waals surface area contributed by atoms with Crippen LogP contribution in [0.3, 0.4) is 0 Å². The number of aryl methyl sites for hydroxylation is 1. The molecule has 9 heteroatoms. The average molecular weight is 649 g/mol. The first-order chi connectivity index (χ1) is 18.1. The molecular weight excluding hydrogens is 618 g/mol. The molecule has 2 unspecified atom stereocenters. The van der Waals surface area contributed by atoms with Gasteiger partial charge in [0, 0.05) is 27.8 Å². The minimum Gasteiger partial charge on any atom is -0.456 e. The highest BCUT2D eigenvalue weighted by molar-refractivity contribution is 14.1. The summed E-state index contributed by atoms with van der Waals surface area (Å²) in [5, 5.41) is 7.77. The Balaban J connectivity index is 2.07. The van der Waals surface area contributed by atoms with Crippen LogP contribution in [0.5, 0.6) is 5.75 Å². The van der Waals surface area contributed by atoms with Crippen LogP contribution in [0.25, 0.3) is 0 Å². The Morgan fingerprint density at radius 3 is 2.61 bits per heavy atom. The molecule has 0 bridgehead atoms. The molecule has 1 amide bonds. The van der Waals surface area contributed by atoms with Crippen LogP contribution in [-0.4, -0.2) is 30.2 Å². The Bertz CT molecular complexity index is 1300. The Morgan fingerprint density at radius 2 is 1.97 bits per heavy atom. The number of hydrazine groups is 1. The molecule has 2 aromatic carbocycles. The van der Waals surface area contributed by atoms with E-state index in [0.29, 0.717) is 16.3 Å². The lowest BCUT2D eigenvalue weighted by molar-refractivity contribution is -0.117. The van der Waals surface area contributed by atoms with Gasteiger partial charge in [-0.25, -0.2) is 10.2 Å². The van der Waals surface area contributed by atoms with Gasteiger partial charge in [0.15, 0.2) is 0 Å². The molecule has 0 aromatic heterocycles. The Morgan fingerprint density at radius 1 is 1.26 bits per heavy atom. The molecule has 0 saturated heterocycles. The third-order valence-corrected chi connectivity index (χ3v) is 6.90. The summed E-state index contributed by atoms with van der Waals surface area (Å²) in [4.78, 5) is 13.8. The highest BCUT2D eigenvalue weighted by Gasteiger charge is 2.28. The number of alkyl halides is 1. The average Bonchev–Trinajstić information content (AvgIpc) is 2.87. The van der Waals surface area contributed by atoms with Gasteiger partial charge in [0.25, 0.3) is 5.91 Å². The van der Waals surface area contributed by atoms with E-state index in [4.69, 9.17) is 22.2 Å². The van der Waals surface area contributed by atoms with Crippen LogP contribution in [0.15, 0.2) is 100 Å². The van der Waals surface area contributed by atoms with Gasteiger partial charge < -0.3 is 15.4 Å². The molecule has 1 aliphatic carbocycles. The van der Waals surface area contributed by atoms with E-state index in [1.54, 1.807) is 43.5 Å². The Labute approximate surface area is 241 Å². The van der Waals surface area contributed by atoms with E-state index in [-0.39, 0.29) is 23.7 Å². The van der Waals surface area contributed by atoms with E-state index < -0.39 is 18.1 Å². The highest BCUT2D eigenvalue weighted by Crippen LogP contribution is 2.30. The lowest BCUT2D eigenvalue weighted by atomic mass is 10.1. The minimum absolute atomic E-state index is 0.0752. The topological polar surface area (TPSA) is 79.6 Å². The number of nitrogens with one attached hydrogen (secondary N) is 2. The third-order valence-electron chi connectivity index (χ3n) is 5.77. The van der Waals surface area contributed by atoms with Crippen molar-refractivity contribution >= 4 is 40.1 Å². The van der Waals surface area contributed by atoms with Crippen molar-refractivity contribution in [2.45, 2.75) is 32.6 Å².